The van der Waals surface area contributed by atoms with Gasteiger partial charge in [-0.3, -0.25) is 14.5 Å². The molecule has 2 amide bonds. The second-order valence-electron chi connectivity index (χ2n) is 9.05. The van der Waals surface area contributed by atoms with E-state index < -0.39 is 23.5 Å². The molecule has 1 saturated heterocycles. The highest BCUT2D eigenvalue weighted by atomic mass is 32.2. The lowest BCUT2D eigenvalue weighted by molar-refractivity contribution is -0.154. The minimum atomic E-state index is -0.706. The molecule has 2 aliphatic heterocycles. The van der Waals surface area contributed by atoms with Crippen molar-refractivity contribution in [2.45, 2.75) is 23.9 Å². The highest BCUT2D eigenvalue weighted by Gasteiger charge is 2.54. The van der Waals surface area contributed by atoms with Gasteiger partial charge in [-0.1, -0.05) is 103 Å². The number of nitrogens with zero attached hydrogens (tertiary/aromatic N) is 1. The van der Waals surface area contributed by atoms with Gasteiger partial charge in [0.15, 0.2) is 6.10 Å². The molecule has 1 N–H and O–H groups in total. The molecule has 1 fully saturated rings. The van der Waals surface area contributed by atoms with Crippen molar-refractivity contribution >= 4 is 41.3 Å². The van der Waals surface area contributed by atoms with Gasteiger partial charge >= 0.3 is 5.97 Å². The molecule has 5 rings (SSSR count). The van der Waals surface area contributed by atoms with Crippen molar-refractivity contribution in [2.24, 2.45) is 0 Å². The van der Waals surface area contributed by atoms with Crippen LogP contribution in [-0.2, 0) is 30.3 Å². The number of hydrogen-bond acceptors (Lipinski definition) is 7. The number of fused-ring (bicyclic) bond motifs is 1. The van der Waals surface area contributed by atoms with Crippen molar-refractivity contribution in [3.05, 3.63) is 118 Å². The van der Waals surface area contributed by atoms with Gasteiger partial charge in [-0.2, -0.15) is 0 Å². The van der Waals surface area contributed by atoms with Crippen LogP contribution in [0, 0.1) is 0 Å². The molecule has 0 radical (unpaired) electrons. The van der Waals surface area contributed by atoms with E-state index in [1.807, 2.05) is 91.0 Å². The number of thioether (sulfide) groups is 2. The standard InChI is InChI=1S/C30H28N2O5S2/c1-36-19-39-23-18-38-29-25(31-24(33)17-20-11-5-2-6-12-20)28(34)32(29)26(23)30(35)37-27(21-13-7-3-8-14-21)22-15-9-4-10-16-22/h2-16,25,27,29H,17-19H2,1H3,(H,31,33)/t25-,29-/m1/s1. The van der Waals surface area contributed by atoms with Gasteiger partial charge in [-0.25, -0.2) is 4.79 Å². The van der Waals surface area contributed by atoms with Gasteiger partial charge in [0.25, 0.3) is 5.91 Å². The quantitative estimate of drug-likeness (QED) is 0.222. The van der Waals surface area contributed by atoms with Crippen LogP contribution in [0.1, 0.15) is 22.8 Å². The van der Waals surface area contributed by atoms with E-state index in [2.05, 4.69) is 5.32 Å². The maximum Gasteiger partial charge on any atom is 0.356 e. The van der Waals surface area contributed by atoms with Gasteiger partial charge in [0, 0.05) is 17.8 Å². The van der Waals surface area contributed by atoms with Crippen LogP contribution in [0.3, 0.4) is 0 Å². The molecule has 0 unspecified atom stereocenters. The fourth-order valence-electron chi connectivity index (χ4n) is 4.57. The molecule has 0 aliphatic carbocycles. The summed E-state index contributed by atoms with van der Waals surface area (Å²) in [5, 5.41) is 2.48. The van der Waals surface area contributed by atoms with E-state index in [1.165, 1.54) is 28.4 Å². The van der Waals surface area contributed by atoms with Crippen LogP contribution in [0.5, 0.6) is 0 Å². The number of benzene rings is 3. The second kappa shape index (κ2) is 12.5. The van der Waals surface area contributed by atoms with Crippen LogP contribution in [0.2, 0.25) is 0 Å². The zero-order valence-electron chi connectivity index (χ0n) is 21.3. The Labute approximate surface area is 235 Å². The second-order valence-corrected chi connectivity index (χ2v) is 11.2. The van der Waals surface area contributed by atoms with Crippen LogP contribution in [-0.4, -0.2) is 52.9 Å². The summed E-state index contributed by atoms with van der Waals surface area (Å²) < 4.78 is 11.4. The van der Waals surface area contributed by atoms with Crippen LogP contribution < -0.4 is 5.32 Å². The van der Waals surface area contributed by atoms with Gasteiger partial charge in [0.1, 0.15) is 17.1 Å². The first kappa shape index (κ1) is 27.1. The molecule has 3 aromatic rings. The topological polar surface area (TPSA) is 84.9 Å². The van der Waals surface area contributed by atoms with E-state index in [4.69, 9.17) is 9.47 Å². The monoisotopic (exact) mass is 560 g/mol. The molecule has 0 saturated carbocycles. The Hall–Kier alpha value is -3.53. The summed E-state index contributed by atoms with van der Waals surface area (Å²) in [5.74, 6) is -0.316. The predicted molar refractivity (Wildman–Crippen MR) is 152 cm³/mol. The lowest BCUT2D eigenvalue weighted by Gasteiger charge is -2.49. The summed E-state index contributed by atoms with van der Waals surface area (Å²) in [7, 11) is 1.58. The summed E-state index contributed by atoms with van der Waals surface area (Å²) in [6.45, 7) is 0. The number of rotatable bonds is 10. The molecular formula is C30H28N2O5S2. The zero-order chi connectivity index (χ0) is 27.2. The maximum absolute atomic E-state index is 13.8. The molecule has 0 spiro atoms. The summed E-state index contributed by atoms with van der Waals surface area (Å²) in [6, 6.07) is 27.7. The first-order valence-electron chi connectivity index (χ1n) is 12.5. The predicted octanol–water partition coefficient (Wildman–Crippen LogP) is 4.51. The zero-order valence-corrected chi connectivity index (χ0v) is 23.0. The van der Waals surface area contributed by atoms with Crippen molar-refractivity contribution in [2.75, 3.05) is 18.8 Å². The Morgan fingerprint density at radius 1 is 0.974 bits per heavy atom. The van der Waals surface area contributed by atoms with Crippen molar-refractivity contribution in [3.8, 4) is 0 Å². The fourth-order valence-corrected chi connectivity index (χ4v) is 6.88. The lowest BCUT2D eigenvalue weighted by atomic mass is 10.0. The fraction of sp³-hybridized carbons (Fsp3) is 0.233. The van der Waals surface area contributed by atoms with E-state index in [0.717, 1.165) is 16.7 Å². The SMILES string of the molecule is COCSC1=C(C(=O)OC(c2ccccc2)c2ccccc2)N2C(=O)[C@@H](NC(=O)Cc3ccccc3)[C@H]2SC1. The molecule has 2 aliphatic rings. The largest absolute Gasteiger partial charge is 0.448 e. The average Bonchev–Trinajstić information content (AvgIpc) is 2.98. The third-order valence-corrected chi connectivity index (χ3v) is 8.93. The minimum Gasteiger partial charge on any atom is -0.448 e. The Bertz CT molecular complexity index is 1310. The Morgan fingerprint density at radius 2 is 1.56 bits per heavy atom. The molecule has 0 bridgehead atoms. The number of nitrogens with one attached hydrogen (secondary N) is 1. The minimum absolute atomic E-state index is 0.178. The number of β-lactam (4-membered cyclic amide) rings is 1. The summed E-state index contributed by atoms with van der Waals surface area (Å²) in [5.41, 5.74) is 2.74. The molecule has 2 atom stereocenters. The molecule has 9 heteroatoms. The van der Waals surface area contributed by atoms with Crippen LogP contribution in [0.4, 0.5) is 0 Å². The van der Waals surface area contributed by atoms with Crippen molar-refractivity contribution in [1.82, 2.24) is 10.2 Å². The van der Waals surface area contributed by atoms with Gasteiger partial charge in [0.2, 0.25) is 5.91 Å². The first-order valence-corrected chi connectivity index (χ1v) is 14.5. The van der Waals surface area contributed by atoms with E-state index in [0.29, 0.717) is 16.6 Å². The smallest absolute Gasteiger partial charge is 0.356 e. The molecule has 39 heavy (non-hydrogen) atoms. The maximum atomic E-state index is 13.8. The molecule has 3 aromatic carbocycles. The van der Waals surface area contributed by atoms with E-state index >= 15 is 0 Å². The molecule has 0 aromatic heterocycles. The molecule has 7 nitrogen and oxygen atoms in total. The highest BCUT2D eigenvalue weighted by Crippen LogP contribution is 2.44. The number of ether oxygens (including phenoxy) is 2. The van der Waals surface area contributed by atoms with E-state index in [-0.39, 0.29) is 23.9 Å². The van der Waals surface area contributed by atoms with Gasteiger partial charge in [-0.05, 0) is 16.7 Å². The van der Waals surface area contributed by atoms with Crippen molar-refractivity contribution in [1.29, 1.82) is 0 Å². The Kier molecular flexibility index (Phi) is 8.71. The number of esters is 1. The Balaban J connectivity index is 1.37. The van der Waals surface area contributed by atoms with E-state index in [1.54, 1.807) is 7.11 Å². The number of carbonyl (C=O) groups excluding carboxylic acids is 3. The van der Waals surface area contributed by atoms with Crippen LogP contribution >= 0.6 is 23.5 Å². The lowest BCUT2D eigenvalue weighted by Crippen LogP contribution is -2.70. The van der Waals surface area contributed by atoms with Gasteiger partial charge in [-0.15, -0.1) is 11.8 Å². The summed E-state index contributed by atoms with van der Waals surface area (Å²) in [4.78, 5) is 42.0. The van der Waals surface area contributed by atoms with Crippen LogP contribution in [0.15, 0.2) is 102 Å². The average molecular weight is 561 g/mol. The third kappa shape index (κ3) is 6.06. The summed E-state index contributed by atoms with van der Waals surface area (Å²) in [6.07, 6.45) is -0.468. The Morgan fingerprint density at radius 3 is 2.15 bits per heavy atom. The van der Waals surface area contributed by atoms with Gasteiger partial charge < -0.3 is 14.8 Å². The molecule has 200 valence electrons. The number of hydrogen-bond donors (Lipinski definition) is 1. The first-order chi connectivity index (χ1) is 19.1. The molecule has 2 heterocycles. The number of carbonyl (C=O) groups is 3. The van der Waals surface area contributed by atoms with Gasteiger partial charge in [0.05, 0.1) is 12.4 Å². The van der Waals surface area contributed by atoms with Crippen LogP contribution in [0.25, 0.3) is 0 Å². The highest BCUT2D eigenvalue weighted by molar-refractivity contribution is 8.06. The molecular weight excluding hydrogens is 532 g/mol. The van der Waals surface area contributed by atoms with Crippen molar-refractivity contribution in [3.63, 3.8) is 0 Å². The normalized spacial score (nSPS) is 18.4. The summed E-state index contributed by atoms with van der Waals surface area (Å²) >= 11 is 2.88. The van der Waals surface area contributed by atoms with Crippen molar-refractivity contribution < 1.29 is 23.9 Å². The third-order valence-electron chi connectivity index (χ3n) is 6.43. The number of methoxy groups -OCH3 is 1. The van der Waals surface area contributed by atoms with E-state index in [9.17, 15) is 14.4 Å². The number of amides is 2.